The van der Waals surface area contributed by atoms with Crippen LogP contribution in [0.2, 0.25) is 0 Å². The average Bonchev–Trinajstić information content (AvgIpc) is 2.27. The number of benzene rings is 1. The van der Waals surface area contributed by atoms with Crippen LogP contribution in [-0.4, -0.2) is 19.4 Å². The van der Waals surface area contributed by atoms with Gasteiger partial charge in [0.1, 0.15) is 5.78 Å². The predicted octanol–water partition coefficient (Wildman–Crippen LogP) is 1.64. The van der Waals surface area contributed by atoms with E-state index >= 15 is 0 Å². The first kappa shape index (κ1) is 8.30. The molecule has 13 heavy (non-hydrogen) atoms. The van der Waals surface area contributed by atoms with E-state index in [2.05, 4.69) is 11.0 Å². The minimum Gasteiger partial charge on any atom is -0.374 e. The second-order valence-electron chi connectivity index (χ2n) is 3.52. The molecule has 1 aromatic carbocycles. The number of nitrogens with zero attached hydrogens (tertiary/aromatic N) is 1. The summed E-state index contributed by atoms with van der Waals surface area (Å²) in [5.41, 5.74) is 2.36. The molecule has 1 aromatic rings. The normalized spacial score (nSPS) is 16.7. The fourth-order valence-corrected chi connectivity index (χ4v) is 1.75. The van der Waals surface area contributed by atoms with Gasteiger partial charge in [-0.15, -0.1) is 0 Å². The fourth-order valence-electron chi connectivity index (χ4n) is 1.75. The van der Waals surface area contributed by atoms with E-state index in [0.717, 1.165) is 12.1 Å². The van der Waals surface area contributed by atoms with Gasteiger partial charge in [-0.3, -0.25) is 4.79 Å². The summed E-state index contributed by atoms with van der Waals surface area (Å²) in [4.78, 5) is 13.5. The predicted molar refractivity (Wildman–Crippen MR) is 53.0 cm³/mol. The third-order valence-corrected chi connectivity index (χ3v) is 2.52. The van der Waals surface area contributed by atoms with Gasteiger partial charge in [0.15, 0.2) is 0 Å². The summed E-state index contributed by atoms with van der Waals surface area (Å²) in [6, 6.07) is 8.12. The van der Waals surface area contributed by atoms with Crippen molar-refractivity contribution in [3.05, 3.63) is 29.8 Å². The molecule has 0 bridgehead atoms. The Morgan fingerprint density at radius 3 is 2.92 bits per heavy atom. The van der Waals surface area contributed by atoms with Crippen molar-refractivity contribution >= 4 is 11.5 Å². The van der Waals surface area contributed by atoms with Crippen LogP contribution in [0.1, 0.15) is 12.0 Å². The summed E-state index contributed by atoms with van der Waals surface area (Å²) in [5, 5.41) is 0. The van der Waals surface area contributed by atoms with Gasteiger partial charge < -0.3 is 4.90 Å². The van der Waals surface area contributed by atoms with Gasteiger partial charge in [-0.25, -0.2) is 0 Å². The van der Waals surface area contributed by atoms with Crippen molar-refractivity contribution in [1.82, 2.24) is 0 Å². The van der Waals surface area contributed by atoms with Crippen LogP contribution in [0.25, 0.3) is 0 Å². The molecule has 0 fully saturated rings. The molecule has 68 valence electrons. The highest BCUT2D eigenvalue weighted by molar-refractivity contribution is 5.84. The van der Waals surface area contributed by atoms with Gasteiger partial charge in [-0.1, -0.05) is 18.2 Å². The summed E-state index contributed by atoms with van der Waals surface area (Å²) in [5.74, 6) is 0.344. The molecule has 0 radical (unpaired) electrons. The van der Waals surface area contributed by atoms with Gasteiger partial charge in [-0.05, 0) is 11.6 Å². The number of carbonyl (C=O) groups excluding carboxylic acids is 1. The molecule has 0 saturated carbocycles. The second-order valence-corrected chi connectivity index (χ2v) is 3.52. The van der Waals surface area contributed by atoms with Crippen LogP contribution in [0.15, 0.2) is 24.3 Å². The molecule has 0 N–H and O–H groups in total. The molecule has 2 rings (SSSR count). The molecular weight excluding hydrogens is 162 g/mol. The molecule has 2 heteroatoms. The highest BCUT2D eigenvalue weighted by Gasteiger charge is 2.15. The van der Waals surface area contributed by atoms with E-state index in [1.54, 1.807) is 0 Å². The minimum absolute atomic E-state index is 0.344. The third-order valence-electron chi connectivity index (χ3n) is 2.52. The van der Waals surface area contributed by atoms with Gasteiger partial charge in [0.2, 0.25) is 0 Å². The Morgan fingerprint density at radius 2 is 2.08 bits per heavy atom. The van der Waals surface area contributed by atoms with Gasteiger partial charge in [0.25, 0.3) is 0 Å². The first-order valence-corrected chi connectivity index (χ1v) is 4.58. The summed E-state index contributed by atoms with van der Waals surface area (Å²) in [6.07, 6.45) is 1.27. The number of ketones is 1. The Labute approximate surface area is 78.2 Å². The zero-order valence-corrected chi connectivity index (χ0v) is 7.79. The van der Waals surface area contributed by atoms with Crippen molar-refractivity contribution in [1.29, 1.82) is 0 Å². The van der Waals surface area contributed by atoms with Crippen molar-refractivity contribution in [3.8, 4) is 0 Å². The number of fused-ring (bicyclic) bond motifs is 1. The molecule has 0 aliphatic carbocycles. The maximum atomic E-state index is 11.4. The number of para-hydroxylation sites is 1. The van der Waals surface area contributed by atoms with E-state index in [9.17, 15) is 4.79 Å². The van der Waals surface area contributed by atoms with Gasteiger partial charge in [-0.2, -0.15) is 0 Å². The minimum atomic E-state index is 0.344. The lowest BCUT2D eigenvalue weighted by molar-refractivity contribution is -0.118. The molecule has 1 aliphatic heterocycles. The summed E-state index contributed by atoms with van der Waals surface area (Å²) >= 11 is 0. The molecule has 1 aliphatic rings. The fraction of sp³-hybridized carbons (Fsp3) is 0.364. The number of anilines is 1. The smallest absolute Gasteiger partial charge is 0.139 e. The van der Waals surface area contributed by atoms with E-state index in [4.69, 9.17) is 0 Å². The van der Waals surface area contributed by atoms with E-state index in [1.165, 1.54) is 5.69 Å². The molecular formula is C11H13NO. The summed E-state index contributed by atoms with van der Waals surface area (Å²) < 4.78 is 0. The van der Waals surface area contributed by atoms with E-state index in [1.807, 2.05) is 25.2 Å². The second kappa shape index (κ2) is 3.21. The molecule has 0 atom stereocenters. The Balaban J connectivity index is 2.43. The quantitative estimate of drug-likeness (QED) is 0.597. The first-order chi connectivity index (χ1) is 6.27. The van der Waals surface area contributed by atoms with Gasteiger partial charge in [0, 0.05) is 32.1 Å². The van der Waals surface area contributed by atoms with Crippen molar-refractivity contribution in [2.75, 3.05) is 18.5 Å². The van der Waals surface area contributed by atoms with Gasteiger partial charge in [0.05, 0.1) is 0 Å². The zero-order chi connectivity index (χ0) is 9.26. The first-order valence-electron chi connectivity index (χ1n) is 4.58. The molecule has 0 unspecified atom stereocenters. The van der Waals surface area contributed by atoms with Crippen molar-refractivity contribution < 1.29 is 4.79 Å². The van der Waals surface area contributed by atoms with Crippen LogP contribution < -0.4 is 4.90 Å². The highest BCUT2D eigenvalue weighted by Crippen LogP contribution is 2.22. The standard InChI is InChI=1S/C11H13NO/c1-12-7-6-10(13)8-9-4-2-3-5-11(9)12/h2-5H,6-8H2,1H3. The largest absolute Gasteiger partial charge is 0.374 e. The lowest BCUT2D eigenvalue weighted by Crippen LogP contribution is -2.18. The molecule has 0 amide bonds. The molecule has 0 saturated heterocycles. The SMILES string of the molecule is CN1CCC(=O)Cc2ccccc21. The molecule has 1 heterocycles. The van der Waals surface area contributed by atoms with Crippen molar-refractivity contribution in [2.24, 2.45) is 0 Å². The lowest BCUT2D eigenvalue weighted by atomic mass is 10.1. The Hall–Kier alpha value is -1.31. The molecule has 0 spiro atoms. The maximum Gasteiger partial charge on any atom is 0.139 e. The number of carbonyl (C=O) groups is 1. The van der Waals surface area contributed by atoms with Gasteiger partial charge >= 0.3 is 0 Å². The Morgan fingerprint density at radius 1 is 1.31 bits per heavy atom. The number of hydrogen-bond acceptors (Lipinski definition) is 2. The van der Waals surface area contributed by atoms with Crippen LogP contribution in [0, 0.1) is 0 Å². The Kier molecular flexibility index (Phi) is 2.05. The van der Waals surface area contributed by atoms with Crippen LogP contribution in [0.5, 0.6) is 0 Å². The van der Waals surface area contributed by atoms with Crippen LogP contribution in [0.4, 0.5) is 5.69 Å². The maximum absolute atomic E-state index is 11.4. The van der Waals surface area contributed by atoms with Crippen molar-refractivity contribution in [2.45, 2.75) is 12.8 Å². The van der Waals surface area contributed by atoms with Crippen LogP contribution >= 0.6 is 0 Å². The Bertz CT molecular complexity index is 333. The van der Waals surface area contributed by atoms with E-state index in [0.29, 0.717) is 18.6 Å². The molecule has 0 aromatic heterocycles. The lowest BCUT2D eigenvalue weighted by Gasteiger charge is -2.18. The number of Topliss-reactive ketones (excluding diaryl/α,β-unsaturated/α-hetero) is 1. The topological polar surface area (TPSA) is 20.3 Å². The molecule has 2 nitrogen and oxygen atoms in total. The van der Waals surface area contributed by atoms with Crippen LogP contribution in [-0.2, 0) is 11.2 Å². The number of hydrogen-bond donors (Lipinski definition) is 0. The van der Waals surface area contributed by atoms with Crippen LogP contribution in [0.3, 0.4) is 0 Å². The zero-order valence-electron chi connectivity index (χ0n) is 7.79. The monoisotopic (exact) mass is 175 g/mol. The number of rotatable bonds is 0. The van der Waals surface area contributed by atoms with E-state index in [-0.39, 0.29) is 0 Å². The summed E-state index contributed by atoms with van der Waals surface area (Å²) in [6.45, 7) is 0.843. The van der Waals surface area contributed by atoms with E-state index < -0.39 is 0 Å². The highest BCUT2D eigenvalue weighted by atomic mass is 16.1. The average molecular weight is 175 g/mol. The van der Waals surface area contributed by atoms with Crippen molar-refractivity contribution in [3.63, 3.8) is 0 Å². The summed E-state index contributed by atoms with van der Waals surface area (Å²) in [7, 11) is 2.04. The third kappa shape index (κ3) is 1.57.